The molecular formula is C11H16N2O2. The molecule has 1 fully saturated rings. The zero-order chi connectivity index (χ0) is 10.5. The van der Waals surface area contributed by atoms with E-state index in [4.69, 9.17) is 9.47 Å². The van der Waals surface area contributed by atoms with Crippen molar-refractivity contribution in [3.8, 4) is 5.75 Å². The first-order valence-electron chi connectivity index (χ1n) is 5.25. The number of pyridine rings is 1. The van der Waals surface area contributed by atoms with Gasteiger partial charge in [-0.2, -0.15) is 0 Å². The Kier molecular flexibility index (Phi) is 3.53. The zero-order valence-electron chi connectivity index (χ0n) is 8.93. The quantitative estimate of drug-likeness (QED) is 0.746. The van der Waals surface area contributed by atoms with Gasteiger partial charge in [0.05, 0.1) is 19.4 Å². The van der Waals surface area contributed by atoms with Crippen molar-refractivity contribution in [3.05, 3.63) is 24.5 Å². The van der Waals surface area contributed by atoms with E-state index in [0.717, 1.165) is 32.1 Å². The van der Waals surface area contributed by atoms with Crippen LogP contribution in [0.2, 0.25) is 0 Å². The van der Waals surface area contributed by atoms with E-state index in [0.29, 0.717) is 0 Å². The lowest BCUT2D eigenvalue weighted by Crippen LogP contribution is -2.44. The average Bonchev–Trinajstić information content (AvgIpc) is 2.31. The Morgan fingerprint density at radius 2 is 2.27 bits per heavy atom. The first-order chi connectivity index (χ1) is 7.36. The molecule has 1 atom stereocenters. The smallest absolute Gasteiger partial charge is 0.150 e. The molecule has 1 unspecified atom stereocenters. The van der Waals surface area contributed by atoms with E-state index in [1.807, 2.05) is 12.1 Å². The molecule has 1 aliphatic heterocycles. The summed E-state index contributed by atoms with van der Waals surface area (Å²) in [5.74, 6) is 0.816. The van der Waals surface area contributed by atoms with E-state index >= 15 is 0 Å². The number of hydrogen-bond donors (Lipinski definition) is 0. The highest BCUT2D eigenvalue weighted by molar-refractivity contribution is 5.15. The second-order valence-electron chi connectivity index (χ2n) is 3.55. The van der Waals surface area contributed by atoms with Crippen molar-refractivity contribution >= 4 is 0 Å². The van der Waals surface area contributed by atoms with Gasteiger partial charge in [0.15, 0.2) is 0 Å². The maximum absolute atomic E-state index is 5.76. The van der Waals surface area contributed by atoms with Gasteiger partial charge in [-0.25, -0.2) is 0 Å². The van der Waals surface area contributed by atoms with E-state index in [-0.39, 0.29) is 6.23 Å². The maximum atomic E-state index is 5.76. The predicted octanol–water partition coefficient (Wildman–Crippen LogP) is 1.14. The Hall–Kier alpha value is -1.13. The highest BCUT2D eigenvalue weighted by Gasteiger charge is 2.17. The lowest BCUT2D eigenvalue weighted by atomic mass is 10.4. The van der Waals surface area contributed by atoms with Crippen LogP contribution in [0.15, 0.2) is 24.5 Å². The summed E-state index contributed by atoms with van der Waals surface area (Å²) in [5, 5.41) is 0. The normalized spacial score (nSPS) is 19.8. The molecular weight excluding hydrogens is 192 g/mol. The third-order valence-electron chi connectivity index (χ3n) is 2.50. The van der Waals surface area contributed by atoms with Gasteiger partial charge in [0.25, 0.3) is 0 Å². The molecule has 15 heavy (non-hydrogen) atoms. The summed E-state index contributed by atoms with van der Waals surface area (Å²) in [7, 11) is 0. The second kappa shape index (κ2) is 5.09. The number of morpholine rings is 1. The fraction of sp³-hybridized carbons (Fsp3) is 0.545. The van der Waals surface area contributed by atoms with Crippen LogP contribution in [-0.2, 0) is 4.74 Å². The molecule has 1 aromatic heterocycles. The first kappa shape index (κ1) is 10.4. The molecule has 0 saturated carbocycles. The Morgan fingerprint density at radius 3 is 2.93 bits per heavy atom. The number of hydrogen-bond acceptors (Lipinski definition) is 4. The number of nitrogens with zero attached hydrogens (tertiary/aromatic N) is 2. The van der Waals surface area contributed by atoms with Gasteiger partial charge >= 0.3 is 0 Å². The molecule has 4 heteroatoms. The standard InChI is InChI=1S/C11H16N2O2/c1-10(13-5-7-14-8-6-13)15-11-3-2-4-12-9-11/h2-4,9-10H,5-8H2,1H3. The molecule has 0 aromatic carbocycles. The van der Waals surface area contributed by atoms with Crippen molar-refractivity contribution in [3.63, 3.8) is 0 Å². The Labute approximate surface area is 89.8 Å². The molecule has 0 bridgehead atoms. The van der Waals surface area contributed by atoms with Crippen LogP contribution in [-0.4, -0.2) is 42.4 Å². The van der Waals surface area contributed by atoms with Gasteiger partial charge in [-0.1, -0.05) is 0 Å². The van der Waals surface area contributed by atoms with Gasteiger partial charge in [-0.3, -0.25) is 9.88 Å². The van der Waals surface area contributed by atoms with E-state index in [9.17, 15) is 0 Å². The Balaban J connectivity index is 1.88. The minimum Gasteiger partial charge on any atom is -0.474 e. The van der Waals surface area contributed by atoms with Crippen LogP contribution < -0.4 is 4.74 Å². The summed E-state index contributed by atoms with van der Waals surface area (Å²) >= 11 is 0. The minimum absolute atomic E-state index is 0.0816. The predicted molar refractivity (Wildman–Crippen MR) is 56.7 cm³/mol. The summed E-state index contributed by atoms with van der Waals surface area (Å²) in [6.07, 6.45) is 3.56. The van der Waals surface area contributed by atoms with Crippen LogP contribution in [0, 0.1) is 0 Å². The lowest BCUT2D eigenvalue weighted by molar-refractivity contribution is -0.0374. The highest BCUT2D eigenvalue weighted by atomic mass is 16.5. The minimum atomic E-state index is 0.0816. The molecule has 2 heterocycles. The van der Waals surface area contributed by atoms with Gasteiger partial charge in [0, 0.05) is 19.3 Å². The largest absolute Gasteiger partial charge is 0.474 e. The van der Waals surface area contributed by atoms with Crippen LogP contribution in [0.3, 0.4) is 0 Å². The summed E-state index contributed by atoms with van der Waals surface area (Å²) < 4.78 is 11.1. The number of aromatic nitrogens is 1. The van der Waals surface area contributed by atoms with Gasteiger partial charge in [0.1, 0.15) is 12.0 Å². The van der Waals surface area contributed by atoms with Crippen LogP contribution in [0.1, 0.15) is 6.92 Å². The van der Waals surface area contributed by atoms with Gasteiger partial charge in [0.2, 0.25) is 0 Å². The van der Waals surface area contributed by atoms with Crippen molar-refractivity contribution in [2.24, 2.45) is 0 Å². The maximum Gasteiger partial charge on any atom is 0.150 e. The van der Waals surface area contributed by atoms with Crippen molar-refractivity contribution < 1.29 is 9.47 Å². The molecule has 0 radical (unpaired) electrons. The van der Waals surface area contributed by atoms with Crippen LogP contribution in [0.25, 0.3) is 0 Å². The van der Waals surface area contributed by atoms with E-state index in [1.165, 1.54) is 0 Å². The lowest BCUT2D eigenvalue weighted by Gasteiger charge is -2.32. The summed E-state index contributed by atoms with van der Waals surface area (Å²) in [6, 6.07) is 3.80. The van der Waals surface area contributed by atoms with E-state index in [2.05, 4.69) is 16.8 Å². The Morgan fingerprint density at radius 1 is 1.47 bits per heavy atom. The molecule has 0 spiro atoms. The third kappa shape index (κ3) is 2.91. The SMILES string of the molecule is CC(Oc1cccnc1)N1CCOCC1. The van der Waals surface area contributed by atoms with Crippen molar-refractivity contribution in [1.82, 2.24) is 9.88 Å². The van der Waals surface area contributed by atoms with Gasteiger partial charge in [-0.15, -0.1) is 0 Å². The fourth-order valence-corrected chi connectivity index (χ4v) is 1.63. The number of rotatable bonds is 3. The van der Waals surface area contributed by atoms with Crippen molar-refractivity contribution in [2.75, 3.05) is 26.3 Å². The zero-order valence-corrected chi connectivity index (χ0v) is 8.93. The van der Waals surface area contributed by atoms with Crippen molar-refractivity contribution in [1.29, 1.82) is 0 Å². The monoisotopic (exact) mass is 208 g/mol. The molecule has 0 amide bonds. The molecule has 82 valence electrons. The molecule has 0 N–H and O–H groups in total. The first-order valence-corrected chi connectivity index (χ1v) is 5.25. The molecule has 1 aliphatic rings. The Bertz CT molecular complexity index is 286. The number of ether oxygens (including phenoxy) is 2. The highest BCUT2D eigenvalue weighted by Crippen LogP contribution is 2.12. The molecule has 2 rings (SSSR count). The van der Waals surface area contributed by atoms with Crippen molar-refractivity contribution in [2.45, 2.75) is 13.2 Å². The van der Waals surface area contributed by atoms with Gasteiger partial charge < -0.3 is 9.47 Å². The van der Waals surface area contributed by atoms with E-state index in [1.54, 1.807) is 12.4 Å². The molecule has 0 aliphatic carbocycles. The molecule has 1 aromatic rings. The summed E-state index contributed by atoms with van der Waals surface area (Å²) in [6.45, 7) is 5.50. The molecule has 1 saturated heterocycles. The molecule has 4 nitrogen and oxygen atoms in total. The van der Waals surface area contributed by atoms with Crippen LogP contribution >= 0.6 is 0 Å². The summed E-state index contributed by atoms with van der Waals surface area (Å²) in [4.78, 5) is 6.28. The fourth-order valence-electron chi connectivity index (χ4n) is 1.63. The third-order valence-corrected chi connectivity index (χ3v) is 2.50. The summed E-state index contributed by atoms with van der Waals surface area (Å²) in [5.41, 5.74) is 0. The van der Waals surface area contributed by atoms with E-state index < -0.39 is 0 Å². The van der Waals surface area contributed by atoms with Crippen LogP contribution in [0.5, 0.6) is 5.75 Å². The second-order valence-corrected chi connectivity index (χ2v) is 3.55. The average molecular weight is 208 g/mol. The topological polar surface area (TPSA) is 34.6 Å². The van der Waals surface area contributed by atoms with Gasteiger partial charge in [-0.05, 0) is 19.1 Å². The van der Waals surface area contributed by atoms with Crippen LogP contribution in [0.4, 0.5) is 0 Å².